The molecule has 5 heteroatoms. The van der Waals surface area contributed by atoms with Gasteiger partial charge in [0.1, 0.15) is 0 Å². The molecule has 0 atom stereocenters. The van der Waals surface area contributed by atoms with Crippen molar-refractivity contribution in [2.24, 2.45) is 0 Å². The van der Waals surface area contributed by atoms with Gasteiger partial charge in [-0.15, -0.1) is 11.8 Å². The van der Waals surface area contributed by atoms with Gasteiger partial charge in [0.05, 0.1) is 18.6 Å². The Balaban J connectivity index is 2.11. The average molecular weight is 322 g/mol. The first-order chi connectivity index (χ1) is 10.1. The number of carbonyl (C=O) groups excluding carboxylic acids is 1. The van der Waals surface area contributed by atoms with E-state index in [0.29, 0.717) is 10.7 Å². The molecule has 2 aromatic carbocycles. The van der Waals surface area contributed by atoms with Crippen LogP contribution < -0.4 is 5.73 Å². The summed E-state index contributed by atoms with van der Waals surface area (Å²) in [5.41, 5.74) is 8.41. The number of halogens is 1. The Labute approximate surface area is 133 Å². The predicted molar refractivity (Wildman–Crippen MR) is 87.6 cm³/mol. The summed E-state index contributed by atoms with van der Waals surface area (Å²) in [4.78, 5) is 12.4. The van der Waals surface area contributed by atoms with E-state index in [1.54, 1.807) is 17.8 Å². The summed E-state index contributed by atoms with van der Waals surface area (Å²) in [6.07, 6.45) is 0.280. The van der Waals surface area contributed by atoms with Crippen LogP contribution in [0.15, 0.2) is 47.4 Å². The zero-order valence-corrected chi connectivity index (χ0v) is 13.2. The van der Waals surface area contributed by atoms with Crippen LogP contribution in [0, 0.1) is 0 Å². The molecule has 0 aliphatic carbocycles. The first-order valence-corrected chi connectivity index (χ1v) is 7.78. The highest BCUT2D eigenvalue weighted by atomic mass is 35.5. The van der Waals surface area contributed by atoms with Crippen molar-refractivity contribution in [1.29, 1.82) is 0 Å². The van der Waals surface area contributed by atoms with Crippen molar-refractivity contribution in [2.75, 3.05) is 12.8 Å². The van der Waals surface area contributed by atoms with E-state index in [1.165, 1.54) is 7.11 Å². The van der Waals surface area contributed by atoms with Gasteiger partial charge >= 0.3 is 5.97 Å². The molecule has 0 saturated carbocycles. The van der Waals surface area contributed by atoms with Gasteiger partial charge in [0.15, 0.2) is 0 Å². The molecule has 0 amide bonds. The van der Waals surface area contributed by atoms with Gasteiger partial charge in [-0.2, -0.15) is 0 Å². The maximum absolute atomic E-state index is 11.4. The summed E-state index contributed by atoms with van der Waals surface area (Å²) in [5.74, 6) is 0.495. The first-order valence-electron chi connectivity index (χ1n) is 6.41. The van der Waals surface area contributed by atoms with Crippen LogP contribution in [-0.4, -0.2) is 13.1 Å². The Morgan fingerprint density at radius 2 is 1.95 bits per heavy atom. The quantitative estimate of drug-likeness (QED) is 0.515. The Hall–Kier alpha value is -1.65. The fourth-order valence-electron chi connectivity index (χ4n) is 1.89. The fraction of sp³-hybridized carbons (Fsp3) is 0.188. The van der Waals surface area contributed by atoms with Crippen molar-refractivity contribution in [2.45, 2.75) is 17.1 Å². The molecule has 110 valence electrons. The lowest BCUT2D eigenvalue weighted by molar-refractivity contribution is -0.139. The van der Waals surface area contributed by atoms with Crippen LogP contribution in [0.5, 0.6) is 0 Å². The average Bonchev–Trinajstić information content (AvgIpc) is 2.47. The largest absolute Gasteiger partial charge is 0.469 e. The van der Waals surface area contributed by atoms with E-state index >= 15 is 0 Å². The SMILES string of the molecule is COC(=O)Cc1ccccc1CSc1ccc(N)cc1Cl. The molecule has 0 saturated heterocycles. The Kier molecular flexibility index (Phi) is 5.53. The Bertz CT molecular complexity index is 646. The van der Waals surface area contributed by atoms with E-state index in [4.69, 9.17) is 22.1 Å². The number of nitrogen functional groups attached to an aromatic ring is 1. The summed E-state index contributed by atoms with van der Waals surface area (Å²) < 4.78 is 4.72. The second-order valence-corrected chi connectivity index (χ2v) is 5.92. The van der Waals surface area contributed by atoms with Crippen LogP contribution in [0.3, 0.4) is 0 Å². The highest BCUT2D eigenvalue weighted by Gasteiger charge is 2.09. The minimum atomic E-state index is -0.238. The number of carbonyl (C=O) groups is 1. The zero-order chi connectivity index (χ0) is 15.2. The number of hydrogen-bond acceptors (Lipinski definition) is 4. The van der Waals surface area contributed by atoms with Gasteiger partial charge in [0.25, 0.3) is 0 Å². The van der Waals surface area contributed by atoms with E-state index in [0.717, 1.165) is 21.8 Å². The van der Waals surface area contributed by atoms with E-state index in [9.17, 15) is 4.79 Å². The number of rotatable bonds is 5. The topological polar surface area (TPSA) is 52.3 Å². The third-order valence-corrected chi connectivity index (χ3v) is 4.57. The molecule has 21 heavy (non-hydrogen) atoms. The van der Waals surface area contributed by atoms with Gasteiger partial charge in [-0.05, 0) is 29.3 Å². The number of nitrogens with two attached hydrogens (primary N) is 1. The van der Waals surface area contributed by atoms with Gasteiger partial charge in [-0.1, -0.05) is 35.9 Å². The molecule has 0 aromatic heterocycles. The van der Waals surface area contributed by atoms with Crippen molar-refractivity contribution in [3.8, 4) is 0 Å². The van der Waals surface area contributed by atoms with E-state index < -0.39 is 0 Å². The Morgan fingerprint density at radius 1 is 1.24 bits per heavy atom. The number of benzene rings is 2. The molecule has 0 radical (unpaired) electrons. The molecule has 3 nitrogen and oxygen atoms in total. The van der Waals surface area contributed by atoms with Crippen LogP contribution in [0.25, 0.3) is 0 Å². The number of anilines is 1. The Morgan fingerprint density at radius 3 is 2.62 bits per heavy atom. The van der Waals surface area contributed by atoms with Crippen molar-refractivity contribution in [3.63, 3.8) is 0 Å². The van der Waals surface area contributed by atoms with Gasteiger partial charge in [-0.25, -0.2) is 0 Å². The number of ether oxygens (including phenoxy) is 1. The predicted octanol–water partition coefficient (Wildman–Crippen LogP) is 3.93. The second-order valence-electron chi connectivity index (χ2n) is 4.50. The number of thioether (sulfide) groups is 1. The maximum atomic E-state index is 11.4. The molecule has 2 aromatic rings. The molecule has 0 spiro atoms. The van der Waals surface area contributed by atoms with Gasteiger partial charge in [-0.3, -0.25) is 4.79 Å². The molecule has 0 aliphatic rings. The lowest BCUT2D eigenvalue weighted by Gasteiger charge is -2.09. The van der Waals surface area contributed by atoms with Crippen LogP contribution in [-0.2, 0) is 21.7 Å². The van der Waals surface area contributed by atoms with Crippen LogP contribution >= 0.6 is 23.4 Å². The molecular formula is C16H16ClNO2S. The van der Waals surface area contributed by atoms with E-state index in [2.05, 4.69) is 0 Å². The molecule has 2 rings (SSSR count). The number of methoxy groups -OCH3 is 1. The molecule has 0 heterocycles. The highest BCUT2D eigenvalue weighted by molar-refractivity contribution is 7.98. The summed E-state index contributed by atoms with van der Waals surface area (Å²) >= 11 is 7.79. The summed E-state index contributed by atoms with van der Waals surface area (Å²) in [7, 11) is 1.40. The smallest absolute Gasteiger partial charge is 0.309 e. The lowest BCUT2D eigenvalue weighted by atomic mass is 10.1. The lowest BCUT2D eigenvalue weighted by Crippen LogP contribution is -2.06. The van der Waals surface area contributed by atoms with Gasteiger partial charge < -0.3 is 10.5 Å². The molecule has 0 unspecified atom stereocenters. The molecule has 0 bridgehead atoms. The van der Waals surface area contributed by atoms with Crippen LogP contribution in [0.1, 0.15) is 11.1 Å². The molecular weight excluding hydrogens is 306 g/mol. The fourth-order valence-corrected chi connectivity index (χ4v) is 3.19. The van der Waals surface area contributed by atoms with Crippen LogP contribution in [0.4, 0.5) is 5.69 Å². The second kappa shape index (κ2) is 7.38. The zero-order valence-electron chi connectivity index (χ0n) is 11.6. The number of hydrogen-bond donors (Lipinski definition) is 1. The monoisotopic (exact) mass is 321 g/mol. The summed E-state index contributed by atoms with van der Waals surface area (Å²) in [6, 6.07) is 13.3. The van der Waals surface area contributed by atoms with Crippen molar-refractivity contribution >= 4 is 35.0 Å². The third-order valence-electron chi connectivity index (χ3n) is 3.02. The summed E-state index contributed by atoms with van der Waals surface area (Å²) in [6.45, 7) is 0. The van der Waals surface area contributed by atoms with Gasteiger partial charge in [0.2, 0.25) is 0 Å². The first kappa shape index (κ1) is 15.7. The van der Waals surface area contributed by atoms with Crippen molar-refractivity contribution < 1.29 is 9.53 Å². The van der Waals surface area contributed by atoms with Crippen molar-refractivity contribution in [1.82, 2.24) is 0 Å². The molecule has 0 aliphatic heterocycles. The minimum absolute atomic E-state index is 0.238. The minimum Gasteiger partial charge on any atom is -0.469 e. The number of esters is 1. The molecule has 2 N–H and O–H groups in total. The van der Waals surface area contributed by atoms with Crippen LogP contribution in [0.2, 0.25) is 5.02 Å². The van der Waals surface area contributed by atoms with E-state index in [-0.39, 0.29) is 12.4 Å². The standard InChI is InChI=1S/C16H16ClNO2S/c1-20-16(19)8-11-4-2-3-5-12(11)10-21-15-7-6-13(18)9-14(15)17/h2-7,9H,8,10,18H2,1H3. The maximum Gasteiger partial charge on any atom is 0.309 e. The van der Waals surface area contributed by atoms with Gasteiger partial charge in [0, 0.05) is 16.3 Å². The highest BCUT2D eigenvalue weighted by Crippen LogP contribution is 2.31. The van der Waals surface area contributed by atoms with E-state index in [1.807, 2.05) is 36.4 Å². The molecule has 0 fully saturated rings. The van der Waals surface area contributed by atoms with Crippen molar-refractivity contribution in [3.05, 3.63) is 58.6 Å². The normalized spacial score (nSPS) is 10.4. The summed E-state index contributed by atoms with van der Waals surface area (Å²) in [5, 5.41) is 0.644. The third kappa shape index (κ3) is 4.41.